The standard InChI is InChI=1S/C18H17BrN2O4/c1-11-3-5-15(14(19)7-11)25-12(2)18(22)21-20-9-13-4-6-16-17(8-13)24-10-23-16/h3-9,12H,10H2,1-2H3,(H,21,22)/b20-9+/t12-/m1/s1. The SMILES string of the molecule is Cc1ccc(O[C@H](C)C(=O)N/N=C/c2ccc3c(c2)OCO3)c(Br)c1. The van der Waals surface area contributed by atoms with Gasteiger partial charge in [-0.2, -0.15) is 5.10 Å². The number of nitrogens with zero attached hydrogens (tertiary/aromatic N) is 1. The first-order valence-electron chi connectivity index (χ1n) is 7.68. The summed E-state index contributed by atoms with van der Waals surface area (Å²) in [6, 6.07) is 11.1. The fourth-order valence-corrected chi connectivity index (χ4v) is 2.79. The lowest BCUT2D eigenvalue weighted by molar-refractivity contribution is -0.127. The summed E-state index contributed by atoms with van der Waals surface area (Å²) >= 11 is 3.42. The molecular formula is C18H17BrN2O4. The second-order valence-electron chi connectivity index (χ2n) is 5.54. The normalized spacial score (nSPS) is 13.7. The molecule has 0 bridgehead atoms. The number of nitrogens with one attached hydrogen (secondary N) is 1. The van der Waals surface area contributed by atoms with Crippen LogP contribution in [0.1, 0.15) is 18.1 Å². The van der Waals surface area contributed by atoms with Crippen LogP contribution in [0.3, 0.4) is 0 Å². The summed E-state index contributed by atoms with van der Waals surface area (Å²) in [5.74, 6) is 1.63. The number of benzene rings is 2. The maximum Gasteiger partial charge on any atom is 0.280 e. The van der Waals surface area contributed by atoms with E-state index in [-0.39, 0.29) is 12.7 Å². The highest BCUT2D eigenvalue weighted by Crippen LogP contribution is 2.32. The molecule has 1 heterocycles. The number of hydrogen-bond acceptors (Lipinski definition) is 5. The Morgan fingerprint density at radius 2 is 2.08 bits per heavy atom. The zero-order valence-electron chi connectivity index (χ0n) is 13.8. The predicted octanol–water partition coefficient (Wildman–Crippen LogP) is 3.40. The van der Waals surface area contributed by atoms with Crippen LogP contribution in [0.4, 0.5) is 0 Å². The highest BCUT2D eigenvalue weighted by atomic mass is 79.9. The van der Waals surface area contributed by atoms with Gasteiger partial charge in [0, 0.05) is 0 Å². The van der Waals surface area contributed by atoms with Crippen LogP contribution >= 0.6 is 15.9 Å². The molecule has 1 aliphatic heterocycles. The van der Waals surface area contributed by atoms with Crippen molar-refractivity contribution < 1.29 is 19.0 Å². The van der Waals surface area contributed by atoms with Crippen molar-refractivity contribution in [3.8, 4) is 17.2 Å². The summed E-state index contributed by atoms with van der Waals surface area (Å²) in [5.41, 5.74) is 4.36. The minimum Gasteiger partial charge on any atom is -0.480 e. The number of ether oxygens (including phenoxy) is 3. The Balaban J connectivity index is 1.56. The molecule has 0 aliphatic carbocycles. The summed E-state index contributed by atoms with van der Waals surface area (Å²) < 4.78 is 17.0. The van der Waals surface area contributed by atoms with E-state index < -0.39 is 6.10 Å². The Hall–Kier alpha value is -2.54. The minimum absolute atomic E-state index is 0.218. The molecule has 0 aromatic heterocycles. The highest BCUT2D eigenvalue weighted by molar-refractivity contribution is 9.10. The highest BCUT2D eigenvalue weighted by Gasteiger charge is 2.16. The fraction of sp³-hybridized carbons (Fsp3) is 0.222. The number of halogens is 1. The lowest BCUT2D eigenvalue weighted by Gasteiger charge is -2.14. The number of fused-ring (bicyclic) bond motifs is 1. The molecule has 25 heavy (non-hydrogen) atoms. The van der Waals surface area contributed by atoms with Crippen molar-refractivity contribution in [2.75, 3.05) is 6.79 Å². The van der Waals surface area contributed by atoms with Crippen LogP contribution in [0.25, 0.3) is 0 Å². The summed E-state index contributed by atoms with van der Waals surface area (Å²) in [6.45, 7) is 3.86. The fourth-order valence-electron chi connectivity index (χ4n) is 2.20. The summed E-state index contributed by atoms with van der Waals surface area (Å²) in [6.07, 6.45) is 0.849. The monoisotopic (exact) mass is 404 g/mol. The van der Waals surface area contributed by atoms with Crippen molar-refractivity contribution in [3.05, 3.63) is 52.0 Å². The quantitative estimate of drug-likeness (QED) is 0.612. The van der Waals surface area contributed by atoms with E-state index in [4.69, 9.17) is 14.2 Å². The van der Waals surface area contributed by atoms with Gasteiger partial charge in [0.05, 0.1) is 10.7 Å². The molecule has 3 rings (SSSR count). The molecule has 0 unspecified atom stereocenters. The summed E-state index contributed by atoms with van der Waals surface area (Å²) in [4.78, 5) is 12.1. The van der Waals surface area contributed by atoms with Crippen molar-refractivity contribution in [1.82, 2.24) is 5.43 Å². The number of carbonyl (C=O) groups excluding carboxylic acids is 1. The lowest BCUT2D eigenvalue weighted by Crippen LogP contribution is -2.33. The lowest BCUT2D eigenvalue weighted by atomic mass is 10.2. The maximum atomic E-state index is 12.1. The molecule has 0 fully saturated rings. The van der Waals surface area contributed by atoms with Crippen LogP contribution in [0.5, 0.6) is 17.2 Å². The Morgan fingerprint density at radius 1 is 1.28 bits per heavy atom. The molecule has 7 heteroatoms. The molecule has 1 amide bonds. The van der Waals surface area contributed by atoms with E-state index in [1.54, 1.807) is 19.1 Å². The molecule has 130 valence electrons. The Kier molecular flexibility index (Phi) is 5.23. The van der Waals surface area contributed by atoms with E-state index in [1.165, 1.54) is 6.21 Å². The van der Waals surface area contributed by atoms with Crippen LogP contribution in [-0.2, 0) is 4.79 Å². The van der Waals surface area contributed by atoms with E-state index in [2.05, 4.69) is 26.5 Å². The summed E-state index contributed by atoms with van der Waals surface area (Å²) in [7, 11) is 0. The van der Waals surface area contributed by atoms with Crippen molar-refractivity contribution in [2.24, 2.45) is 5.10 Å². The Bertz CT molecular complexity index is 823. The molecule has 0 saturated heterocycles. The minimum atomic E-state index is -0.687. The van der Waals surface area contributed by atoms with Gasteiger partial charge in [0.15, 0.2) is 17.6 Å². The molecule has 0 radical (unpaired) electrons. The number of aryl methyl sites for hydroxylation is 1. The maximum absolute atomic E-state index is 12.1. The number of hydrogen-bond donors (Lipinski definition) is 1. The van der Waals surface area contributed by atoms with E-state index in [9.17, 15) is 4.79 Å². The number of rotatable bonds is 5. The van der Waals surface area contributed by atoms with Gasteiger partial charge in [0.2, 0.25) is 6.79 Å². The van der Waals surface area contributed by atoms with Gasteiger partial charge in [-0.3, -0.25) is 4.79 Å². The molecule has 2 aromatic carbocycles. The first-order valence-corrected chi connectivity index (χ1v) is 8.47. The Morgan fingerprint density at radius 3 is 2.88 bits per heavy atom. The van der Waals surface area contributed by atoms with Crippen LogP contribution in [0.15, 0.2) is 46.0 Å². The zero-order chi connectivity index (χ0) is 17.8. The molecule has 1 atom stereocenters. The Labute approximate surface area is 153 Å². The molecular weight excluding hydrogens is 388 g/mol. The van der Waals surface area contributed by atoms with Crippen molar-refractivity contribution in [1.29, 1.82) is 0 Å². The van der Waals surface area contributed by atoms with Gasteiger partial charge in [-0.05, 0) is 71.2 Å². The van der Waals surface area contributed by atoms with E-state index in [0.717, 1.165) is 15.6 Å². The van der Waals surface area contributed by atoms with Gasteiger partial charge in [-0.1, -0.05) is 6.07 Å². The molecule has 1 N–H and O–H groups in total. The first kappa shape index (κ1) is 17.3. The van der Waals surface area contributed by atoms with E-state index >= 15 is 0 Å². The van der Waals surface area contributed by atoms with Gasteiger partial charge in [0.25, 0.3) is 5.91 Å². The average Bonchev–Trinajstić information content (AvgIpc) is 3.05. The van der Waals surface area contributed by atoms with Crippen LogP contribution in [0, 0.1) is 6.92 Å². The van der Waals surface area contributed by atoms with Gasteiger partial charge < -0.3 is 14.2 Å². The number of carbonyl (C=O) groups is 1. The van der Waals surface area contributed by atoms with Crippen molar-refractivity contribution in [2.45, 2.75) is 20.0 Å². The summed E-state index contributed by atoms with van der Waals surface area (Å²) in [5, 5.41) is 3.95. The molecule has 6 nitrogen and oxygen atoms in total. The number of amides is 1. The number of hydrazone groups is 1. The molecule has 1 aliphatic rings. The predicted molar refractivity (Wildman–Crippen MR) is 97.3 cm³/mol. The third-order valence-electron chi connectivity index (χ3n) is 3.55. The zero-order valence-corrected chi connectivity index (χ0v) is 15.4. The topological polar surface area (TPSA) is 69.2 Å². The second kappa shape index (κ2) is 7.57. The largest absolute Gasteiger partial charge is 0.480 e. The van der Waals surface area contributed by atoms with Gasteiger partial charge in [-0.25, -0.2) is 5.43 Å². The third-order valence-corrected chi connectivity index (χ3v) is 4.17. The average molecular weight is 405 g/mol. The molecule has 0 spiro atoms. The molecule has 2 aromatic rings. The second-order valence-corrected chi connectivity index (χ2v) is 6.40. The first-order chi connectivity index (χ1) is 12.0. The van der Waals surface area contributed by atoms with Crippen molar-refractivity contribution >= 4 is 28.1 Å². The van der Waals surface area contributed by atoms with Crippen LogP contribution < -0.4 is 19.6 Å². The van der Waals surface area contributed by atoms with Gasteiger partial charge in [-0.15, -0.1) is 0 Å². The van der Waals surface area contributed by atoms with Crippen LogP contribution in [-0.4, -0.2) is 25.0 Å². The van der Waals surface area contributed by atoms with E-state index in [1.807, 2.05) is 31.2 Å². The van der Waals surface area contributed by atoms with E-state index in [0.29, 0.717) is 17.2 Å². The van der Waals surface area contributed by atoms with Crippen molar-refractivity contribution in [3.63, 3.8) is 0 Å². The van der Waals surface area contributed by atoms with Gasteiger partial charge >= 0.3 is 0 Å². The third kappa shape index (κ3) is 4.30. The molecule has 0 saturated carbocycles. The van der Waals surface area contributed by atoms with Crippen LogP contribution in [0.2, 0.25) is 0 Å². The van der Waals surface area contributed by atoms with Gasteiger partial charge in [0.1, 0.15) is 5.75 Å². The smallest absolute Gasteiger partial charge is 0.280 e.